The van der Waals surface area contributed by atoms with Crippen LogP contribution in [0.4, 0.5) is 0 Å². The minimum Gasteiger partial charge on any atom is -0.381 e. The Kier molecular flexibility index (Phi) is 7.10. The molecule has 0 aromatic carbocycles. The molecule has 3 unspecified atom stereocenters. The van der Waals surface area contributed by atoms with Gasteiger partial charge in [0, 0.05) is 18.0 Å². The minimum absolute atomic E-state index is 0.657. The molecule has 0 aromatic rings. The first-order valence-electron chi connectivity index (χ1n) is 7.22. The summed E-state index contributed by atoms with van der Waals surface area (Å²) in [4.78, 5) is 0.722. The molecular formula is C15H29BrO. The lowest BCUT2D eigenvalue weighted by atomic mass is 9.75. The molecule has 102 valence electrons. The zero-order valence-corrected chi connectivity index (χ0v) is 13.5. The van der Waals surface area contributed by atoms with Crippen LogP contribution in [0.25, 0.3) is 0 Å². The molecule has 1 aliphatic carbocycles. The van der Waals surface area contributed by atoms with E-state index in [1.54, 1.807) is 0 Å². The van der Waals surface area contributed by atoms with Gasteiger partial charge in [-0.3, -0.25) is 0 Å². The van der Waals surface area contributed by atoms with E-state index in [1.165, 1.54) is 25.7 Å². The summed E-state index contributed by atoms with van der Waals surface area (Å²) in [6, 6.07) is 0. The average molecular weight is 305 g/mol. The van der Waals surface area contributed by atoms with E-state index in [1.807, 2.05) is 0 Å². The van der Waals surface area contributed by atoms with Crippen LogP contribution in [0.3, 0.4) is 0 Å². The van der Waals surface area contributed by atoms with Crippen LogP contribution in [-0.4, -0.2) is 18.0 Å². The highest BCUT2D eigenvalue weighted by atomic mass is 79.9. The predicted molar refractivity (Wildman–Crippen MR) is 78.7 cm³/mol. The van der Waals surface area contributed by atoms with Crippen LogP contribution in [0.15, 0.2) is 0 Å². The van der Waals surface area contributed by atoms with E-state index < -0.39 is 0 Å². The van der Waals surface area contributed by atoms with E-state index >= 15 is 0 Å². The summed E-state index contributed by atoms with van der Waals surface area (Å²) in [5, 5.41) is 0. The summed E-state index contributed by atoms with van der Waals surface area (Å²) in [5.74, 6) is 3.25. The lowest BCUT2D eigenvalue weighted by Gasteiger charge is -2.35. The van der Waals surface area contributed by atoms with Crippen molar-refractivity contribution in [1.29, 1.82) is 0 Å². The summed E-state index contributed by atoms with van der Waals surface area (Å²) in [6.07, 6.45) is 5.36. The first-order chi connectivity index (χ1) is 8.00. The Bertz CT molecular complexity index is 203. The Morgan fingerprint density at radius 1 is 1.18 bits per heavy atom. The minimum atomic E-state index is 0.657. The number of hydrogen-bond donors (Lipinski definition) is 0. The summed E-state index contributed by atoms with van der Waals surface area (Å²) in [7, 11) is 0. The average Bonchev–Trinajstić information content (AvgIpc) is 2.25. The van der Waals surface area contributed by atoms with Gasteiger partial charge in [-0.15, -0.1) is 0 Å². The van der Waals surface area contributed by atoms with Crippen LogP contribution < -0.4 is 0 Å². The Balaban J connectivity index is 2.25. The fourth-order valence-electron chi connectivity index (χ4n) is 2.72. The molecule has 0 heterocycles. The van der Waals surface area contributed by atoms with Gasteiger partial charge in [0.2, 0.25) is 0 Å². The Morgan fingerprint density at radius 2 is 1.88 bits per heavy atom. The number of hydrogen-bond acceptors (Lipinski definition) is 1. The van der Waals surface area contributed by atoms with Crippen molar-refractivity contribution in [3.63, 3.8) is 0 Å². The summed E-state index contributed by atoms with van der Waals surface area (Å²) >= 11 is 3.86. The molecule has 1 nitrogen and oxygen atoms in total. The first-order valence-corrected chi connectivity index (χ1v) is 8.14. The molecule has 17 heavy (non-hydrogen) atoms. The van der Waals surface area contributed by atoms with Crippen molar-refractivity contribution in [2.45, 2.75) is 58.2 Å². The third kappa shape index (κ3) is 5.74. The van der Waals surface area contributed by atoms with Crippen molar-refractivity contribution in [2.24, 2.45) is 23.7 Å². The molecule has 0 bridgehead atoms. The number of ether oxygens (including phenoxy) is 1. The van der Waals surface area contributed by atoms with E-state index in [2.05, 4.69) is 43.6 Å². The molecule has 2 heteroatoms. The van der Waals surface area contributed by atoms with Gasteiger partial charge < -0.3 is 4.74 Å². The molecule has 0 amide bonds. The number of alkyl halides is 1. The highest BCUT2D eigenvalue weighted by Crippen LogP contribution is 2.38. The second-order valence-electron chi connectivity index (χ2n) is 6.35. The largest absolute Gasteiger partial charge is 0.381 e. The molecule has 0 radical (unpaired) electrons. The Morgan fingerprint density at radius 3 is 2.47 bits per heavy atom. The van der Waals surface area contributed by atoms with Gasteiger partial charge in [0.05, 0.1) is 0 Å². The van der Waals surface area contributed by atoms with Crippen LogP contribution in [-0.2, 0) is 4.74 Å². The summed E-state index contributed by atoms with van der Waals surface area (Å²) < 4.78 is 5.72. The van der Waals surface area contributed by atoms with Crippen LogP contribution >= 0.6 is 15.9 Å². The highest BCUT2D eigenvalue weighted by Gasteiger charge is 2.29. The maximum absolute atomic E-state index is 5.72. The van der Waals surface area contributed by atoms with Gasteiger partial charge in [-0.2, -0.15) is 0 Å². The second kappa shape index (κ2) is 7.78. The topological polar surface area (TPSA) is 9.23 Å². The molecule has 0 aliphatic heterocycles. The predicted octanol–water partition coefficient (Wildman–Crippen LogP) is 4.88. The van der Waals surface area contributed by atoms with E-state index in [4.69, 9.17) is 4.74 Å². The van der Waals surface area contributed by atoms with Crippen molar-refractivity contribution in [3.8, 4) is 0 Å². The molecule has 1 rings (SSSR count). The van der Waals surface area contributed by atoms with Gasteiger partial charge in [-0.25, -0.2) is 0 Å². The fraction of sp³-hybridized carbons (Fsp3) is 1.00. The smallest absolute Gasteiger partial charge is 0.0488 e. The number of halogens is 1. The van der Waals surface area contributed by atoms with Crippen molar-refractivity contribution in [3.05, 3.63) is 0 Å². The van der Waals surface area contributed by atoms with Crippen molar-refractivity contribution in [1.82, 2.24) is 0 Å². The lowest BCUT2D eigenvalue weighted by molar-refractivity contribution is 0.0874. The lowest BCUT2D eigenvalue weighted by Crippen LogP contribution is -2.28. The van der Waals surface area contributed by atoms with E-state index in [-0.39, 0.29) is 0 Å². The van der Waals surface area contributed by atoms with Crippen molar-refractivity contribution >= 4 is 15.9 Å². The van der Waals surface area contributed by atoms with Gasteiger partial charge in [0.1, 0.15) is 0 Å². The molecular weight excluding hydrogens is 276 g/mol. The molecule has 1 saturated carbocycles. The van der Waals surface area contributed by atoms with Crippen LogP contribution in [0.2, 0.25) is 0 Å². The molecule has 0 spiro atoms. The van der Waals surface area contributed by atoms with Crippen molar-refractivity contribution in [2.75, 3.05) is 13.2 Å². The molecule has 0 aromatic heterocycles. The van der Waals surface area contributed by atoms with Crippen LogP contribution in [0, 0.1) is 23.7 Å². The zero-order valence-electron chi connectivity index (χ0n) is 11.9. The molecule has 3 atom stereocenters. The fourth-order valence-corrected chi connectivity index (χ4v) is 3.47. The monoisotopic (exact) mass is 304 g/mol. The third-order valence-electron chi connectivity index (χ3n) is 3.96. The van der Waals surface area contributed by atoms with Gasteiger partial charge >= 0.3 is 0 Å². The van der Waals surface area contributed by atoms with Crippen LogP contribution in [0.5, 0.6) is 0 Å². The Labute approximate surface area is 116 Å². The first kappa shape index (κ1) is 15.5. The van der Waals surface area contributed by atoms with Gasteiger partial charge in [-0.1, -0.05) is 43.6 Å². The van der Waals surface area contributed by atoms with E-state index in [0.29, 0.717) is 5.92 Å². The summed E-state index contributed by atoms with van der Waals surface area (Å²) in [6.45, 7) is 11.0. The van der Waals surface area contributed by atoms with Gasteiger partial charge in [0.25, 0.3) is 0 Å². The highest BCUT2D eigenvalue weighted by molar-refractivity contribution is 9.09. The van der Waals surface area contributed by atoms with Gasteiger partial charge in [-0.05, 0) is 49.4 Å². The van der Waals surface area contributed by atoms with Crippen molar-refractivity contribution < 1.29 is 4.74 Å². The third-order valence-corrected chi connectivity index (χ3v) is 5.16. The zero-order chi connectivity index (χ0) is 12.8. The molecule has 1 aliphatic rings. The van der Waals surface area contributed by atoms with Gasteiger partial charge in [0.15, 0.2) is 0 Å². The van der Waals surface area contributed by atoms with E-state index in [0.717, 1.165) is 35.8 Å². The van der Waals surface area contributed by atoms with E-state index in [9.17, 15) is 0 Å². The second-order valence-corrected chi connectivity index (χ2v) is 7.53. The standard InChI is InChI=1S/C15H29BrO/c1-11(2)10-17-8-7-14-9-13(12(3)4)5-6-15(14)16/h11-15H,5-10H2,1-4H3. The molecule has 0 saturated heterocycles. The number of rotatable bonds is 6. The molecule has 0 N–H and O–H groups in total. The molecule has 1 fully saturated rings. The maximum atomic E-state index is 5.72. The quantitative estimate of drug-likeness (QED) is 0.502. The Hall–Kier alpha value is 0.440. The normalized spacial score (nSPS) is 30.2. The SMILES string of the molecule is CC(C)COCCC1CC(C(C)C)CCC1Br. The van der Waals surface area contributed by atoms with Crippen LogP contribution in [0.1, 0.15) is 53.4 Å². The summed E-state index contributed by atoms with van der Waals surface area (Å²) in [5.41, 5.74) is 0. The maximum Gasteiger partial charge on any atom is 0.0488 e.